The Morgan fingerprint density at radius 1 is 0.800 bits per heavy atom. The summed E-state index contributed by atoms with van der Waals surface area (Å²) in [6.07, 6.45) is -3.15. The predicted molar refractivity (Wildman–Crippen MR) is 152 cm³/mol. The van der Waals surface area contributed by atoms with Crippen molar-refractivity contribution in [2.24, 2.45) is 0 Å². The van der Waals surface area contributed by atoms with Crippen LogP contribution in [0.4, 0.5) is 18.4 Å². The number of rotatable bonds is 6. The number of hydrogen-bond acceptors (Lipinski definition) is 9. The van der Waals surface area contributed by atoms with E-state index in [4.69, 9.17) is 9.47 Å². The number of amides is 2. The van der Waals surface area contributed by atoms with Gasteiger partial charge in [-0.3, -0.25) is 9.59 Å². The van der Waals surface area contributed by atoms with E-state index in [2.05, 4.69) is 4.74 Å². The molecule has 0 radical (unpaired) electrons. The van der Waals surface area contributed by atoms with Crippen LogP contribution >= 0.6 is 0 Å². The van der Waals surface area contributed by atoms with Gasteiger partial charge in [0, 0.05) is 51.9 Å². The number of Topliss-reactive ketones (excluding diaryl/α,β-unsaturated/α-hetero) is 2. The van der Waals surface area contributed by atoms with Crippen LogP contribution < -0.4 is 51.4 Å². The molecule has 2 amide bonds. The summed E-state index contributed by atoms with van der Waals surface area (Å²) in [4.78, 5) is 61.4. The Bertz CT molecular complexity index is 1260. The Morgan fingerprint density at radius 3 is 1.80 bits per heavy atom. The molecular weight excluding hydrogens is 621 g/mol. The summed E-state index contributed by atoms with van der Waals surface area (Å²) in [5, 5.41) is 0. The van der Waals surface area contributed by atoms with Crippen molar-refractivity contribution in [2.45, 2.75) is 57.7 Å². The Labute approximate surface area is 303 Å². The van der Waals surface area contributed by atoms with E-state index in [-0.39, 0.29) is 122 Å². The van der Waals surface area contributed by atoms with Gasteiger partial charge in [0.25, 0.3) is 5.67 Å². The summed E-state index contributed by atoms with van der Waals surface area (Å²) < 4.78 is 42.8. The summed E-state index contributed by atoms with van der Waals surface area (Å²) >= 11 is 0. The summed E-state index contributed by atoms with van der Waals surface area (Å²) in [6, 6.07) is 18.4. The van der Waals surface area contributed by atoms with Gasteiger partial charge in [-0.05, 0) is 18.1 Å². The second-order valence-electron chi connectivity index (χ2n) is 9.97. The quantitative estimate of drug-likeness (QED) is 0.194. The fraction of sp³-hybridized carbons (Fsp3) is 0.452. The molecule has 240 valence electrons. The van der Waals surface area contributed by atoms with Gasteiger partial charge in [-0.2, -0.15) is 0 Å². The normalized spacial score (nSPS) is 19.7. The first-order valence-electron chi connectivity index (χ1n) is 14.1. The predicted octanol–water partition coefficient (Wildman–Crippen LogP) is 1.41. The van der Waals surface area contributed by atoms with Crippen molar-refractivity contribution in [1.29, 1.82) is 0 Å². The molecule has 0 bridgehead atoms. The molecule has 11 nitrogen and oxygen atoms in total. The number of likely N-dealkylation sites (tertiary alicyclic amines) is 2. The zero-order valence-electron chi connectivity index (χ0n) is 25.5. The summed E-state index contributed by atoms with van der Waals surface area (Å²) in [5.41, 5.74) is -0.974. The van der Waals surface area contributed by atoms with Crippen LogP contribution in [-0.2, 0) is 41.8 Å². The number of carbonyl (C=O) groups excluding carboxylic acids is 5. The molecule has 2 unspecified atom stereocenters. The zero-order chi connectivity index (χ0) is 31.2. The number of ether oxygens (including phenoxy) is 3. The maximum Gasteiger partial charge on any atom is 1.00 e. The molecule has 2 aliphatic heterocycles. The van der Waals surface area contributed by atoms with Crippen molar-refractivity contribution in [2.75, 3.05) is 32.8 Å². The molecule has 0 spiro atoms. The van der Waals surface area contributed by atoms with Gasteiger partial charge < -0.3 is 29.5 Å². The van der Waals surface area contributed by atoms with E-state index in [1.54, 1.807) is 0 Å². The molecule has 2 aromatic carbocycles. The van der Waals surface area contributed by atoms with Gasteiger partial charge in [0.05, 0.1) is 6.61 Å². The molecule has 0 aromatic heterocycles. The smallest absolute Gasteiger partial charge is 0.870 e. The van der Waals surface area contributed by atoms with Crippen LogP contribution in [0.1, 0.15) is 43.7 Å². The van der Waals surface area contributed by atoms with Crippen molar-refractivity contribution in [1.82, 2.24) is 9.80 Å². The minimum Gasteiger partial charge on any atom is -0.870 e. The standard InChI is InChI=1S/C17H20FNO5.C14H16FNO3.K.H2O/c1-2-23-15(21)17(18)9-11-19(10-8-14(17)20)16(22)24-12-13-6-4-3-5-7-13;15-12-6-8-16(9-7-13(12)17)14(18)19-10-11-4-2-1-3-5-11;;/h3-7H,2,8-12H2,1H3;1-5,12H,6-10H2;;1H2/q;;+1;/p-1. The van der Waals surface area contributed by atoms with Crippen molar-refractivity contribution in [3.05, 3.63) is 71.8 Å². The molecular formula is C31H37F2KN2O9. The Balaban J connectivity index is 0.000000441. The number of nitrogens with zero attached hydrogens (tertiary/aromatic N) is 2. The first-order chi connectivity index (χ1) is 20.6. The molecule has 2 aromatic rings. The second-order valence-corrected chi connectivity index (χ2v) is 9.97. The van der Waals surface area contributed by atoms with Crippen LogP contribution in [0, 0.1) is 0 Å². The first-order valence-corrected chi connectivity index (χ1v) is 14.1. The van der Waals surface area contributed by atoms with Crippen molar-refractivity contribution < 1.29 is 104 Å². The summed E-state index contributed by atoms with van der Waals surface area (Å²) in [5.74, 6) is -2.48. The molecule has 2 fully saturated rings. The number of benzene rings is 2. The number of alkyl halides is 2. The molecule has 2 saturated heterocycles. The van der Waals surface area contributed by atoms with Crippen LogP contribution in [0.5, 0.6) is 0 Å². The van der Waals surface area contributed by atoms with Crippen LogP contribution in [-0.4, -0.2) is 89.6 Å². The second kappa shape index (κ2) is 20.4. The molecule has 1 N–H and O–H groups in total. The van der Waals surface area contributed by atoms with Crippen LogP contribution in [0.2, 0.25) is 0 Å². The zero-order valence-corrected chi connectivity index (χ0v) is 28.6. The van der Waals surface area contributed by atoms with E-state index in [1.807, 2.05) is 60.7 Å². The van der Waals surface area contributed by atoms with Crippen molar-refractivity contribution in [3.63, 3.8) is 0 Å². The molecule has 2 atom stereocenters. The maximum absolute atomic E-state index is 14.7. The van der Waals surface area contributed by atoms with Gasteiger partial charge in [-0.15, -0.1) is 0 Å². The largest absolute Gasteiger partial charge is 1.00 e. The molecule has 2 aliphatic rings. The molecule has 0 aliphatic carbocycles. The third kappa shape index (κ3) is 12.5. The van der Waals surface area contributed by atoms with Crippen LogP contribution in [0.3, 0.4) is 0 Å². The van der Waals surface area contributed by atoms with Gasteiger partial charge in [-0.25, -0.2) is 23.2 Å². The summed E-state index contributed by atoms with van der Waals surface area (Å²) in [7, 11) is 0. The third-order valence-corrected chi connectivity index (χ3v) is 6.93. The minimum atomic E-state index is -2.69. The fourth-order valence-corrected chi connectivity index (χ4v) is 4.37. The number of ketones is 2. The SMILES string of the molecule is CCOC(=O)C1(F)CCN(C(=O)OCc2ccccc2)CCC1=O.O=C1CCN(C(=O)OCc2ccccc2)CCC1F.[K+].[OH-]. The van der Waals surface area contributed by atoms with Gasteiger partial charge in [0.15, 0.2) is 17.7 Å². The molecule has 14 heteroatoms. The Hall–Kier alpha value is -2.75. The van der Waals surface area contributed by atoms with Crippen LogP contribution in [0.15, 0.2) is 60.7 Å². The van der Waals surface area contributed by atoms with Gasteiger partial charge in [0.2, 0.25) is 0 Å². The fourth-order valence-electron chi connectivity index (χ4n) is 4.37. The number of halogens is 2. The molecule has 2 heterocycles. The van der Waals surface area contributed by atoms with Crippen LogP contribution in [0.25, 0.3) is 0 Å². The topological polar surface area (TPSA) is 150 Å². The van der Waals surface area contributed by atoms with E-state index in [9.17, 15) is 32.8 Å². The molecule has 0 saturated carbocycles. The number of hydrogen-bond donors (Lipinski definition) is 0. The van der Waals surface area contributed by atoms with E-state index < -0.39 is 48.0 Å². The molecule has 45 heavy (non-hydrogen) atoms. The number of carbonyl (C=O) groups is 5. The summed E-state index contributed by atoms with van der Waals surface area (Å²) in [6.45, 7) is 2.17. The Kier molecular flexibility index (Phi) is 18.2. The van der Waals surface area contributed by atoms with E-state index >= 15 is 0 Å². The van der Waals surface area contributed by atoms with Crippen molar-refractivity contribution in [3.8, 4) is 0 Å². The average molecular weight is 659 g/mol. The number of esters is 1. The first kappa shape index (κ1) is 40.3. The average Bonchev–Trinajstić information content (AvgIpc) is 3.29. The van der Waals surface area contributed by atoms with E-state index in [1.165, 1.54) is 16.7 Å². The Morgan fingerprint density at radius 2 is 1.29 bits per heavy atom. The van der Waals surface area contributed by atoms with Crippen molar-refractivity contribution >= 4 is 29.7 Å². The van der Waals surface area contributed by atoms with Gasteiger partial charge in [0.1, 0.15) is 13.2 Å². The monoisotopic (exact) mass is 658 g/mol. The molecule has 4 rings (SSSR count). The van der Waals surface area contributed by atoms with E-state index in [0.717, 1.165) is 11.1 Å². The third-order valence-electron chi connectivity index (χ3n) is 6.93. The van der Waals surface area contributed by atoms with E-state index in [0.29, 0.717) is 0 Å². The van der Waals surface area contributed by atoms with Gasteiger partial charge >= 0.3 is 69.5 Å². The maximum atomic E-state index is 14.7. The van der Waals surface area contributed by atoms with Gasteiger partial charge in [-0.1, -0.05) is 60.7 Å². The minimum absolute atomic E-state index is 0.